The van der Waals surface area contributed by atoms with Gasteiger partial charge >= 0.3 is 0 Å². The molecule has 0 saturated carbocycles. The van der Waals surface area contributed by atoms with Crippen molar-refractivity contribution < 1.29 is 9.53 Å². The molecule has 0 bridgehead atoms. The third-order valence-electron chi connectivity index (χ3n) is 3.53. The summed E-state index contributed by atoms with van der Waals surface area (Å²) in [6.45, 7) is 2.97. The molecule has 0 aromatic heterocycles. The molecule has 1 aromatic rings. The van der Waals surface area contributed by atoms with Gasteiger partial charge in [-0.1, -0.05) is 29.8 Å². The number of ether oxygens (including phenoxy) is 1. The lowest BCUT2D eigenvalue weighted by atomic mass is 10.0. The van der Waals surface area contributed by atoms with Gasteiger partial charge in [0.2, 0.25) is 0 Å². The van der Waals surface area contributed by atoms with Crippen molar-refractivity contribution in [3.8, 4) is 0 Å². The van der Waals surface area contributed by atoms with Gasteiger partial charge in [-0.15, -0.1) is 0 Å². The maximum Gasteiger partial charge on any atom is 0.137 e. The molecule has 2 nitrogen and oxygen atoms in total. The smallest absolute Gasteiger partial charge is 0.137 e. The minimum Gasteiger partial charge on any atom is -0.378 e. The summed E-state index contributed by atoms with van der Waals surface area (Å²) in [6.07, 6.45) is 6.04. The van der Waals surface area contributed by atoms with Crippen molar-refractivity contribution in [2.45, 2.75) is 51.6 Å². The van der Waals surface area contributed by atoms with E-state index in [9.17, 15) is 4.79 Å². The van der Waals surface area contributed by atoms with E-state index in [-0.39, 0.29) is 0 Å². The average Bonchev–Trinajstić information content (AvgIpc) is 2.85. The molecule has 0 aliphatic carbocycles. The monoisotopic (exact) mass is 246 g/mol. The number of aryl methyl sites for hydroxylation is 1. The van der Waals surface area contributed by atoms with Gasteiger partial charge in [0.15, 0.2) is 0 Å². The Labute approximate surface area is 109 Å². The normalized spacial score (nSPS) is 19.1. The van der Waals surface area contributed by atoms with E-state index >= 15 is 0 Å². The quantitative estimate of drug-likeness (QED) is 0.768. The Balaban J connectivity index is 1.66. The Morgan fingerprint density at radius 3 is 2.78 bits per heavy atom. The molecule has 98 valence electrons. The number of Topliss-reactive ketones (excluding diaryl/α,β-unsaturated/α-hetero) is 1. The first-order valence-electron chi connectivity index (χ1n) is 6.93. The fraction of sp³-hybridized carbons (Fsp3) is 0.562. The van der Waals surface area contributed by atoms with Crippen molar-refractivity contribution in [1.29, 1.82) is 0 Å². The van der Waals surface area contributed by atoms with Gasteiger partial charge in [-0.3, -0.25) is 4.79 Å². The van der Waals surface area contributed by atoms with E-state index in [1.54, 1.807) is 0 Å². The fourth-order valence-corrected chi connectivity index (χ4v) is 2.42. The lowest BCUT2D eigenvalue weighted by molar-refractivity contribution is -0.118. The third-order valence-corrected chi connectivity index (χ3v) is 3.53. The van der Waals surface area contributed by atoms with Crippen LogP contribution in [-0.4, -0.2) is 18.5 Å². The molecule has 1 atom stereocenters. The zero-order chi connectivity index (χ0) is 12.8. The molecule has 18 heavy (non-hydrogen) atoms. The summed E-state index contributed by atoms with van der Waals surface area (Å²) in [6, 6.07) is 8.23. The molecule has 1 unspecified atom stereocenters. The molecule has 2 rings (SSSR count). The Bertz CT molecular complexity index is 375. The van der Waals surface area contributed by atoms with Crippen LogP contribution in [0.15, 0.2) is 24.3 Å². The molecule has 0 amide bonds. The molecule has 1 aliphatic heterocycles. The summed E-state index contributed by atoms with van der Waals surface area (Å²) in [4.78, 5) is 11.8. The SMILES string of the molecule is Cc1ccc(CC(=O)CCCC2CCCO2)cc1. The second-order valence-electron chi connectivity index (χ2n) is 5.23. The minimum atomic E-state index is 0.344. The number of ketones is 1. The zero-order valence-corrected chi connectivity index (χ0v) is 11.2. The van der Waals surface area contributed by atoms with Crippen molar-refractivity contribution in [2.24, 2.45) is 0 Å². The van der Waals surface area contributed by atoms with Gasteiger partial charge < -0.3 is 4.74 Å². The molecule has 1 heterocycles. The molecule has 0 spiro atoms. The number of benzene rings is 1. The van der Waals surface area contributed by atoms with Gasteiger partial charge in [-0.25, -0.2) is 0 Å². The molecule has 0 radical (unpaired) electrons. The van der Waals surface area contributed by atoms with Crippen molar-refractivity contribution in [3.63, 3.8) is 0 Å². The second-order valence-corrected chi connectivity index (χ2v) is 5.23. The lowest BCUT2D eigenvalue weighted by Gasteiger charge is -2.08. The topological polar surface area (TPSA) is 26.3 Å². The van der Waals surface area contributed by atoms with Crippen LogP contribution in [-0.2, 0) is 16.0 Å². The molecule has 2 heteroatoms. The van der Waals surface area contributed by atoms with Gasteiger partial charge in [0.05, 0.1) is 6.10 Å². The predicted octanol–water partition coefficient (Wildman–Crippen LogP) is 3.46. The first kappa shape index (κ1) is 13.3. The minimum absolute atomic E-state index is 0.344. The van der Waals surface area contributed by atoms with Crippen LogP contribution in [0.25, 0.3) is 0 Å². The zero-order valence-electron chi connectivity index (χ0n) is 11.2. The number of hydrogen-bond donors (Lipinski definition) is 0. The van der Waals surface area contributed by atoms with Gasteiger partial charge in [0, 0.05) is 19.4 Å². The standard InChI is InChI=1S/C16H22O2/c1-13-7-9-14(10-8-13)12-15(17)4-2-5-16-6-3-11-18-16/h7-10,16H,2-6,11-12H2,1H3. The van der Waals surface area contributed by atoms with Crippen LogP contribution in [0.4, 0.5) is 0 Å². The van der Waals surface area contributed by atoms with E-state index in [2.05, 4.69) is 19.1 Å². The highest BCUT2D eigenvalue weighted by Gasteiger charge is 2.15. The van der Waals surface area contributed by atoms with E-state index in [0.717, 1.165) is 25.0 Å². The van der Waals surface area contributed by atoms with E-state index < -0.39 is 0 Å². The van der Waals surface area contributed by atoms with Crippen LogP contribution in [0, 0.1) is 6.92 Å². The van der Waals surface area contributed by atoms with Crippen molar-refractivity contribution >= 4 is 5.78 Å². The number of hydrogen-bond acceptors (Lipinski definition) is 2. The third kappa shape index (κ3) is 4.26. The molecule has 0 N–H and O–H groups in total. The fourth-order valence-electron chi connectivity index (χ4n) is 2.42. The lowest BCUT2D eigenvalue weighted by Crippen LogP contribution is -2.07. The molecule has 1 aliphatic rings. The molecule has 1 saturated heterocycles. The largest absolute Gasteiger partial charge is 0.378 e. The highest BCUT2D eigenvalue weighted by atomic mass is 16.5. The van der Waals surface area contributed by atoms with Crippen LogP contribution in [0.2, 0.25) is 0 Å². The van der Waals surface area contributed by atoms with Crippen LogP contribution in [0.1, 0.15) is 43.2 Å². The molecule has 1 fully saturated rings. The van der Waals surface area contributed by atoms with Crippen LogP contribution in [0.3, 0.4) is 0 Å². The highest BCUT2D eigenvalue weighted by molar-refractivity contribution is 5.80. The second kappa shape index (κ2) is 6.69. The Kier molecular flexibility index (Phi) is 4.94. The predicted molar refractivity (Wildman–Crippen MR) is 72.7 cm³/mol. The Hall–Kier alpha value is -1.15. The van der Waals surface area contributed by atoms with E-state index in [1.807, 2.05) is 12.1 Å². The van der Waals surface area contributed by atoms with Gasteiger partial charge in [0.1, 0.15) is 5.78 Å². The average molecular weight is 246 g/mol. The molecule has 1 aromatic carbocycles. The van der Waals surface area contributed by atoms with Crippen LogP contribution >= 0.6 is 0 Å². The van der Waals surface area contributed by atoms with Gasteiger partial charge in [0.25, 0.3) is 0 Å². The van der Waals surface area contributed by atoms with Gasteiger partial charge in [-0.2, -0.15) is 0 Å². The first-order valence-corrected chi connectivity index (χ1v) is 6.93. The first-order chi connectivity index (χ1) is 8.74. The number of carbonyl (C=O) groups is 1. The summed E-state index contributed by atoms with van der Waals surface area (Å²) in [5.74, 6) is 0.344. The molecular weight excluding hydrogens is 224 g/mol. The van der Waals surface area contributed by atoms with Crippen LogP contribution < -0.4 is 0 Å². The Morgan fingerprint density at radius 1 is 1.33 bits per heavy atom. The maximum absolute atomic E-state index is 11.8. The Morgan fingerprint density at radius 2 is 2.11 bits per heavy atom. The summed E-state index contributed by atoms with van der Waals surface area (Å²) in [5.41, 5.74) is 2.37. The summed E-state index contributed by atoms with van der Waals surface area (Å²) >= 11 is 0. The summed E-state index contributed by atoms with van der Waals surface area (Å²) in [7, 11) is 0. The molecular formula is C16H22O2. The van der Waals surface area contributed by atoms with E-state index in [4.69, 9.17) is 4.74 Å². The maximum atomic E-state index is 11.8. The number of carbonyl (C=O) groups excluding carboxylic acids is 1. The van der Waals surface area contributed by atoms with Crippen LogP contribution in [0.5, 0.6) is 0 Å². The van der Waals surface area contributed by atoms with Crippen molar-refractivity contribution in [2.75, 3.05) is 6.61 Å². The highest BCUT2D eigenvalue weighted by Crippen LogP contribution is 2.18. The van der Waals surface area contributed by atoms with E-state index in [0.29, 0.717) is 24.7 Å². The van der Waals surface area contributed by atoms with Crippen molar-refractivity contribution in [1.82, 2.24) is 0 Å². The number of rotatable bonds is 6. The summed E-state index contributed by atoms with van der Waals surface area (Å²) in [5, 5.41) is 0. The van der Waals surface area contributed by atoms with Crippen molar-refractivity contribution in [3.05, 3.63) is 35.4 Å². The summed E-state index contributed by atoms with van der Waals surface area (Å²) < 4.78 is 5.55. The van der Waals surface area contributed by atoms with E-state index in [1.165, 1.54) is 18.4 Å². The van der Waals surface area contributed by atoms with Gasteiger partial charge in [-0.05, 0) is 38.2 Å².